The topological polar surface area (TPSA) is 148 Å². The molecule has 0 fully saturated rings. The van der Waals surface area contributed by atoms with Crippen molar-refractivity contribution in [3.8, 4) is 33.0 Å². The van der Waals surface area contributed by atoms with Gasteiger partial charge in [-0.3, -0.25) is 4.79 Å². The first kappa shape index (κ1) is 24.8. The van der Waals surface area contributed by atoms with E-state index in [0.29, 0.717) is 27.7 Å². The highest BCUT2D eigenvalue weighted by Crippen LogP contribution is 2.39. The second-order valence-electron chi connectivity index (χ2n) is 8.56. The molecule has 35 heavy (non-hydrogen) atoms. The molecule has 3 N–H and O–H groups in total. The largest absolute Gasteiger partial charge is 0.490 e. The number of aromatic nitrogens is 2. The summed E-state index contributed by atoms with van der Waals surface area (Å²) >= 11 is 1.40. The smallest absolute Gasteiger partial charge is 0.234 e. The second kappa shape index (κ2) is 10.1. The summed E-state index contributed by atoms with van der Waals surface area (Å²) in [7, 11) is -3.84. The van der Waals surface area contributed by atoms with Crippen molar-refractivity contribution in [1.82, 2.24) is 14.9 Å². The number of rotatable bonds is 8. The Bertz CT molecular complexity index is 1410. The Morgan fingerprint density at radius 1 is 1.29 bits per heavy atom. The van der Waals surface area contributed by atoms with Crippen molar-refractivity contribution in [3.05, 3.63) is 53.1 Å². The number of amides is 1. The summed E-state index contributed by atoms with van der Waals surface area (Å²) in [6.45, 7) is 3.81. The predicted octanol–water partition coefficient (Wildman–Crippen LogP) is 3.31. The molecule has 0 spiro atoms. The first-order chi connectivity index (χ1) is 16.7. The third kappa shape index (κ3) is 5.67. The molecule has 3 aromatic rings. The van der Waals surface area contributed by atoms with Gasteiger partial charge in [-0.15, -0.1) is 10.2 Å². The number of benzene rings is 2. The van der Waals surface area contributed by atoms with Crippen LogP contribution in [0.1, 0.15) is 49.4 Å². The third-order valence-corrected chi connectivity index (χ3v) is 7.84. The lowest BCUT2D eigenvalue weighted by Gasteiger charge is -2.27. The van der Waals surface area contributed by atoms with Gasteiger partial charge in [0, 0.05) is 17.2 Å². The van der Waals surface area contributed by atoms with Crippen LogP contribution in [0, 0.1) is 11.3 Å². The monoisotopic (exact) mass is 511 g/mol. The van der Waals surface area contributed by atoms with E-state index < -0.39 is 27.7 Å². The highest BCUT2D eigenvalue weighted by Gasteiger charge is 2.28. The summed E-state index contributed by atoms with van der Waals surface area (Å²) in [5.41, 5.74) is 9.03. The molecule has 0 saturated heterocycles. The van der Waals surface area contributed by atoms with Crippen molar-refractivity contribution in [2.24, 2.45) is 5.73 Å². The first-order valence-electron chi connectivity index (χ1n) is 11.1. The van der Waals surface area contributed by atoms with Gasteiger partial charge >= 0.3 is 0 Å². The summed E-state index contributed by atoms with van der Waals surface area (Å²) in [6.07, 6.45) is 2.13. The Morgan fingerprint density at radius 2 is 2.06 bits per heavy atom. The predicted molar refractivity (Wildman–Crippen MR) is 133 cm³/mol. The minimum Gasteiger partial charge on any atom is -0.490 e. The van der Waals surface area contributed by atoms with E-state index in [4.69, 9.17) is 10.5 Å². The highest BCUT2D eigenvalue weighted by molar-refractivity contribution is 7.90. The van der Waals surface area contributed by atoms with Crippen LogP contribution in [0.2, 0.25) is 0 Å². The Balaban J connectivity index is 1.65. The molecule has 1 aromatic heterocycles. The minimum atomic E-state index is -3.84. The van der Waals surface area contributed by atoms with Crippen molar-refractivity contribution in [2.45, 2.75) is 45.3 Å². The maximum Gasteiger partial charge on any atom is 0.234 e. The summed E-state index contributed by atoms with van der Waals surface area (Å²) in [6, 6.07) is 12.8. The molecule has 11 heteroatoms. The van der Waals surface area contributed by atoms with Gasteiger partial charge < -0.3 is 10.5 Å². The van der Waals surface area contributed by atoms with E-state index in [0.717, 1.165) is 35.1 Å². The summed E-state index contributed by atoms with van der Waals surface area (Å²) in [5.74, 6) is -1.12. The van der Waals surface area contributed by atoms with Gasteiger partial charge in [-0.2, -0.15) is 5.26 Å². The van der Waals surface area contributed by atoms with Crippen LogP contribution >= 0.6 is 11.3 Å². The van der Waals surface area contributed by atoms with E-state index in [1.165, 1.54) is 11.3 Å². The van der Waals surface area contributed by atoms with Crippen molar-refractivity contribution < 1.29 is 17.9 Å². The van der Waals surface area contributed by atoms with Gasteiger partial charge in [-0.05, 0) is 62.4 Å². The van der Waals surface area contributed by atoms with Crippen molar-refractivity contribution in [1.29, 1.82) is 5.26 Å². The van der Waals surface area contributed by atoms with Crippen LogP contribution in [0.4, 0.5) is 0 Å². The van der Waals surface area contributed by atoms with Gasteiger partial charge in [0.25, 0.3) is 0 Å². The van der Waals surface area contributed by atoms with E-state index in [2.05, 4.69) is 21.0 Å². The molecule has 1 amide bonds. The lowest BCUT2D eigenvalue weighted by molar-refractivity contribution is -0.115. The molecule has 0 unspecified atom stereocenters. The molecular weight excluding hydrogens is 486 g/mol. The number of carbonyl (C=O) groups excluding carboxylic acids is 1. The molecule has 1 heterocycles. The molecule has 4 rings (SSSR count). The van der Waals surface area contributed by atoms with Gasteiger partial charge in [0.2, 0.25) is 15.9 Å². The fourth-order valence-electron chi connectivity index (χ4n) is 4.17. The van der Waals surface area contributed by atoms with E-state index in [1.54, 1.807) is 12.1 Å². The SMILES string of the molecule is CC(C)Oc1ccc(-c2nnc(-c3cccc4c3CCC[C@@H]4NS(=O)(=O)CC(N)=O)s2)cc1C#N. The van der Waals surface area contributed by atoms with Crippen molar-refractivity contribution in [3.63, 3.8) is 0 Å². The van der Waals surface area contributed by atoms with Crippen LogP contribution in [0.3, 0.4) is 0 Å². The molecule has 0 saturated carbocycles. The van der Waals surface area contributed by atoms with Gasteiger partial charge in [0.15, 0.2) is 0 Å². The Labute approximate surface area is 208 Å². The fourth-order valence-corrected chi connectivity index (χ4v) is 6.20. The zero-order valence-electron chi connectivity index (χ0n) is 19.3. The summed E-state index contributed by atoms with van der Waals surface area (Å²) in [5, 5.41) is 19.6. The molecule has 1 atom stereocenters. The number of sulfonamides is 1. The quantitative estimate of drug-likeness (QED) is 0.471. The van der Waals surface area contributed by atoms with E-state index in [-0.39, 0.29) is 6.10 Å². The van der Waals surface area contributed by atoms with Crippen LogP contribution in [0.15, 0.2) is 36.4 Å². The molecule has 0 radical (unpaired) electrons. The van der Waals surface area contributed by atoms with Crippen LogP contribution < -0.4 is 15.2 Å². The average molecular weight is 512 g/mol. The fraction of sp³-hybridized carbons (Fsp3) is 0.333. The van der Waals surface area contributed by atoms with Crippen LogP contribution in [0.5, 0.6) is 5.75 Å². The number of carbonyl (C=O) groups is 1. The van der Waals surface area contributed by atoms with Gasteiger partial charge in [0.1, 0.15) is 27.6 Å². The number of ether oxygens (including phenoxy) is 1. The Kier molecular flexibility index (Phi) is 7.16. The minimum absolute atomic E-state index is 0.0468. The average Bonchev–Trinajstić information content (AvgIpc) is 3.28. The third-order valence-electron chi connectivity index (χ3n) is 5.53. The van der Waals surface area contributed by atoms with Crippen molar-refractivity contribution >= 4 is 27.3 Å². The number of hydrogen-bond donors (Lipinski definition) is 2. The van der Waals surface area contributed by atoms with E-state index in [9.17, 15) is 18.5 Å². The maximum absolute atomic E-state index is 12.3. The van der Waals surface area contributed by atoms with Crippen LogP contribution in [-0.2, 0) is 21.2 Å². The lowest BCUT2D eigenvalue weighted by Crippen LogP contribution is -2.37. The van der Waals surface area contributed by atoms with Crippen molar-refractivity contribution in [2.75, 3.05) is 5.75 Å². The Hall–Kier alpha value is -3.33. The highest BCUT2D eigenvalue weighted by atomic mass is 32.2. The summed E-state index contributed by atoms with van der Waals surface area (Å²) in [4.78, 5) is 11.1. The summed E-state index contributed by atoms with van der Waals surface area (Å²) < 4.78 is 32.9. The first-order valence-corrected chi connectivity index (χ1v) is 13.6. The normalized spacial score (nSPS) is 15.4. The number of nitrogens with one attached hydrogen (secondary N) is 1. The molecule has 9 nitrogen and oxygen atoms in total. The second-order valence-corrected chi connectivity index (χ2v) is 11.3. The van der Waals surface area contributed by atoms with E-state index in [1.807, 2.05) is 38.1 Å². The number of nitrogens with zero attached hydrogens (tertiary/aromatic N) is 3. The van der Waals surface area contributed by atoms with Gasteiger partial charge in [-0.1, -0.05) is 29.5 Å². The van der Waals surface area contributed by atoms with Gasteiger partial charge in [0.05, 0.1) is 11.7 Å². The molecular formula is C24H25N5O4S2. The van der Waals surface area contributed by atoms with E-state index >= 15 is 0 Å². The molecule has 0 bridgehead atoms. The zero-order valence-corrected chi connectivity index (χ0v) is 20.9. The number of nitrogens with two attached hydrogens (primary N) is 1. The molecule has 1 aliphatic rings. The number of fused-ring (bicyclic) bond motifs is 1. The maximum atomic E-state index is 12.3. The molecule has 1 aliphatic carbocycles. The number of nitriles is 1. The standard InChI is InChI=1S/C24H25N5O4S2/c1-14(2)33-21-10-9-15(11-16(21)12-25)23-27-28-24(34-23)19-7-3-6-18-17(19)5-4-8-20(18)29-35(31,32)13-22(26)30/h3,6-7,9-11,14,20,29H,4-5,8,13H2,1-2H3,(H2,26,30)/t20-/m0/s1. The number of primary amides is 1. The molecule has 0 aliphatic heterocycles. The molecule has 2 aromatic carbocycles. The lowest BCUT2D eigenvalue weighted by atomic mass is 9.85. The van der Waals surface area contributed by atoms with Crippen LogP contribution in [0.25, 0.3) is 21.1 Å². The number of hydrogen-bond acceptors (Lipinski definition) is 8. The van der Waals surface area contributed by atoms with Gasteiger partial charge in [-0.25, -0.2) is 13.1 Å². The molecule has 182 valence electrons. The van der Waals surface area contributed by atoms with Crippen LogP contribution in [-0.4, -0.2) is 36.4 Å². The Morgan fingerprint density at radius 3 is 2.77 bits per heavy atom. The zero-order chi connectivity index (χ0) is 25.2.